The summed E-state index contributed by atoms with van der Waals surface area (Å²) in [6.45, 7) is 2.95. The van der Waals surface area contributed by atoms with E-state index >= 15 is 0 Å². The molecule has 1 saturated carbocycles. The fraction of sp³-hybridized carbons (Fsp3) is 0.611. The van der Waals surface area contributed by atoms with Gasteiger partial charge in [0.2, 0.25) is 5.91 Å². The zero-order chi connectivity index (χ0) is 14.9. The monoisotopic (exact) mass is 286 g/mol. The van der Waals surface area contributed by atoms with E-state index in [0.717, 1.165) is 37.9 Å². The lowest BCUT2D eigenvalue weighted by atomic mass is 9.80. The van der Waals surface area contributed by atoms with Gasteiger partial charge >= 0.3 is 0 Å². The maximum Gasteiger partial charge on any atom is 0.228 e. The first-order valence-corrected chi connectivity index (χ1v) is 8.26. The van der Waals surface area contributed by atoms with E-state index in [2.05, 4.69) is 25.1 Å². The maximum atomic E-state index is 12.8. The average Bonchev–Trinajstić information content (AvgIpc) is 2.46. The van der Waals surface area contributed by atoms with Crippen LogP contribution in [0.2, 0.25) is 0 Å². The second-order valence-corrected chi connectivity index (χ2v) is 6.88. The first kappa shape index (κ1) is 14.6. The topological polar surface area (TPSA) is 46.3 Å². The molecule has 2 N–H and O–H groups in total. The van der Waals surface area contributed by atoms with Gasteiger partial charge in [-0.25, -0.2) is 0 Å². The van der Waals surface area contributed by atoms with Crippen molar-refractivity contribution in [2.75, 3.05) is 11.4 Å². The highest BCUT2D eigenvalue weighted by molar-refractivity contribution is 5.95. The molecule has 1 aromatic rings. The van der Waals surface area contributed by atoms with Crippen molar-refractivity contribution in [3.05, 3.63) is 29.3 Å². The Kier molecular flexibility index (Phi) is 4.03. The van der Waals surface area contributed by atoms with Gasteiger partial charge in [0.05, 0.1) is 0 Å². The van der Waals surface area contributed by atoms with Gasteiger partial charge < -0.3 is 10.6 Å². The van der Waals surface area contributed by atoms with Crippen LogP contribution in [-0.2, 0) is 11.2 Å². The van der Waals surface area contributed by atoms with Gasteiger partial charge in [-0.05, 0) is 44.2 Å². The lowest BCUT2D eigenvalue weighted by molar-refractivity contribution is -0.120. The number of benzene rings is 1. The molecular weight excluding hydrogens is 260 g/mol. The van der Waals surface area contributed by atoms with E-state index in [9.17, 15) is 4.79 Å². The van der Waals surface area contributed by atoms with Crippen molar-refractivity contribution >= 4 is 11.6 Å². The van der Waals surface area contributed by atoms with Gasteiger partial charge in [0.15, 0.2) is 0 Å². The van der Waals surface area contributed by atoms with Gasteiger partial charge in [0.25, 0.3) is 0 Å². The van der Waals surface area contributed by atoms with Crippen molar-refractivity contribution in [3.8, 4) is 0 Å². The fourth-order valence-corrected chi connectivity index (χ4v) is 3.81. The number of anilines is 1. The number of carbonyl (C=O) groups is 1. The molecule has 3 nitrogen and oxygen atoms in total. The van der Waals surface area contributed by atoms with Crippen molar-refractivity contribution in [2.24, 2.45) is 5.73 Å². The largest absolute Gasteiger partial charge is 0.325 e. The smallest absolute Gasteiger partial charge is 0.228 e. The highest BCUT2D eigenvalue weighted by Gasteiger charge is 2.33. The number of fused-ring (bicyclic) bond motifs is 1. The second-order valence-electron chi connectivity index (χ2n) is 6.88. The predicted octanol–water partition coefficient (Wildman–Crippen LogP) is 3.33. The molecule has 0 aromatic heterocycles. The molecule has 114 valence electrons. The number of nitrogens with zero attached hydrogens (tertiary/aromatic N) is 1. The maximum absolute atomic E-state index is 12.8. The fourth-order valence-electron chi connectivity index (χ4n) is 3.81. The molecule has 1 aliphatic carbocycles. The summed E-state index contributed by atoms with van der Waals surface area (Å²) in [5.74, 6) is 0.212. The van der Waals surface area contributed by atoms with E-state index in [0.29, 0.717) is 6.42 Å². The number of hydrogen-bond donors (Lipinski definition) is 1. The molecule has 0 atom stereocenters. The molecule has 1 fully saturated rings. The van der Waals surface area contributed by atoms with Gasteiger partial charge in [-0.15, -0.1) is 0 Å². The molecular formula is C18H26N2O. The zero-order valence-corrected chi connectivity index (χ0v) is 13.0. The third kappa shape index (κ3) is 3.13. The molecule has 2 aliphatic rings. The lowest BCUT2D eigenvalue weighted by Gasteiger charge is -2.36. The quantitative estimate of drug-likeness (QED) is 0.906. The standard InChI is InChI=1S/C18H26N2O/c1-14-7-8-16-15(12-14)6-5-11-20(16)17(21)13-18(19)9-3-2-4-10-18/h7-8,12H,2-6,9-11,13,19H2,1H3. The molecule has 0 spiro atoms. The Labute approximate surface area is 127 Å². The molecule has 1 aromatic carbocycles. The summed E-state index contributed by atoms with van der Waals surface area (Å²) in [6.07, 6.45) is 8.22. The van der Waals surface area contributed by atoms with Gasteiger partial charge in [0, 0.05) is 24.2 Å². The summed E-state index contributed by atoms with van der Waals surface area (Å²) in [5.41, 5.74) is 9.88. The summed E-state index contributed by atoms with van der Waals surface area (Å²) < 4.78 is 0. The Morgan fingerprint density at radius 2 is 2.00 bits per heavy atom. The van der Waals surface area contributed by atoms with Crippen LogP contribution in [-0.4, -0.2) is 18.0 Å². The van der Waals surface area contributed by atoms with Crippen LogP contribution in [0.5, 0.6) is 0 Å². The lowest BCUT2D eigenvalue weighted by Crippen LogP contribution is -2.48. The van der Waals surface area contributed by atoms with E-state index in [-0.39, 0.29) is 11.4 Å². The number of amides is 1. The number of aryl methyl sites for hydroxylation is 2. The van der Waals surface area contributed by atoms with Crippen molar-refractivity contribution in [2.45, 2.75) is 63.8 Å². The Bertz CT molecular complexity index is 532. The Hall–Kier alpha value is -1.35. The minimum atomic E-state index is -0.266. The summed E-state index contributed by atoms with van der Waals surface area (Å²) in [5, 5.41) is 0. The molecule has 1 aliphatic heterocycles. The minimum Gasteiger partial charge on any atom is -0.325 e. The predicted molar refractivity (Wildman–Crippen MR) is 86.5 cm³/mol. The van der Waals surface area contributed by atoms with Crippen LogP contribution in [0.3, 0.4) is 0 Å². The van der Waals surface area contributed by atoms with Crippen molar-refractivity contribution < 1.29 is 4.79 Å². The summed E-state index contributed by atoms with van der Waals surface area (Å²) in [4.78, 5) is 14.7. The van der Waals surface area contributed by atoms with Gasteiger partial charge in [0.1, 0.15) is 0 Å². The molecule has 3 heteroatoms. The summed E-state index contributed by atoms with van der Waals surface area (Å²) in [7, 11) is 0. The zero-order valence-electron chi connectivity index (χ0n) is 13.0. The van der Waals surface area contributed by atoms with Crippen LogP contribution in [0.15, 0.2) is 18.2 Å². The summed E-state index contributed by atoms with van der Waals surface area (Å²) >= 11 is 0. The highest BCUT2D eigenvalue weighted by Crippen LogP contribution is 2.32. The molecule has 1 heterocycles. The molecule has 1 amide bonds. The van der Waals surface area contributed by atoms with Crippen LogP contribution in [0.1, 0.15) is 56.1 Å². The van der Waals surface area contributed by atoms with Crippen LogP contribution in [0, 0.1) is 6.92 Å². The van der Waals surface area contributed by atoms with Crippen LogP contribution >= 0.6 is 0 Å². The minimum absolute atomic E-state index is 0.212. The van der Waals surface area contributed by atoms with Crippen molar-refractivity contribution in [1.82, 2.24) is 0 Å². The van der Waals surface area contributed by atoms with Crippen molar-refractivity contribution in [1.29, 1.82) is 0 Å². The van der Waals surface area contributed by atoms with Gasteiger partial charge in [-0.2, -0.15) is 0 Å². The second kappa shape index (κ2) is 5.80. The SMILES string of the molecule is Cc1ccc2c(c1)CCCN2C(=O)CC1(N)CCCCC1. The Morgan fingerprint density at radius 1 is 1.24 bits per heavy atom. The number of hydrogen-bond acceptors (Lipinski definition) is 2. The van der Waals surface area contributed by atoms with E-state index in [1.54, 1.807) is 0 Å². The Balaban J connectivity index is 1.77. The average molecular weight is 286 g/mol. The first-order chi connectivity index (χ1) is 10.1. The van der Waals surface area contributed by atoms with Crippen LogP contribution in [0.25, 0.3) is 0 Å². The Morgan fingerprint density at radius 3 is 2.76 bits per heavy atom. The first-order valence-electron chi connectivity index (χ1n) is 8.26. The van der Waals surface area contributed by atoms with Crippen molar-refractivity contribution in [3.63, 3.8) is 0 Å². The normalized spacial score (nSPS) is 21.0. The van der Waals surface area contributed by atoms with Crippen LogP contribution < -0.4 is 10.6 Å². The van der Waals surface area contributed by atoms with E-state index in [1.165, 1.54) is 30.4 Å². The number of nitrogens with two attached hydrogens (primary N) is 1. The van der Waals surface area contributed by atoms with E-state index in [1.807, 2.05) is 4.90 Å². The summed E-state index contributed by atoms with van der Waals surface area (Å²) in [6, 6.07) is 6.42. The molecule has 21 heavy (non-hydrogen) atoms. The van der Waals surface area contributed by atoms with Crippen LogP contribution in [0.4, 0.5) is 5.69 Å². The third-order valence-corrected chi connectivity index (χ3v) is 5.01. The number of rotatable bonds is 2. The van der Waals surface area contributed by atoms with Gasteiger partial charge in [-0.1, -0.05) is 37.0 Å². The van der Waals surface area contributed by atoms with E-state index < -0.39 is 0 Å². The molecule has 0 unspecified atom stereocenters. The molecule has 3 rings (SSSR count). The van der Waals surface area contributed by atoms with E-state index in [4.69, 9.17) is 5.73 Å². The van der Waals surface area contributed by atoms with Gasteiger partial charge in [-0.3, -0.25) is 4.79 Å². The highest BCUT2D eigenvalue weighted by atomic mass is 16.2. The number of carbonyl (C=O) groups excluding carboxylic acids is 1. The molecule has 0 radical (unpaired) electrons. The molecule has 0 bridgehead atoms. The third-order valence-electron chi connectivity index (χ3n) is 5.01. The molecule has 0 saturated heterocycles.